The largest absolute Gasteiger partial charge is 0.493 e. The van der Waals surface area contributed by atoms with E-state index in [1.807, 2.05) is 12.1 Å². The highest BCUT2D eigenvalue weighted by atomic mass is 32.1. The summed E-state index contributed by atoms with van der Waals surface area (Å²) in [4.78, 5) is 3.61. The Morgan fingerprint density at radius 1 is 1.24 bits per heavy atom. The van der Waals surface area contributed by atoms with Gasteiger partial charge in [-0.3, -0.25) is 4.90 Å². The number of methoxy groups -OCH3 is 1. The van der Waals surface area contributed by atoms with E-state index >= 15 is 0 Å². The maximum absolute atomic E-state index is 14.1. The second kappa shape index (κ2) is 6.56. The lowest BCUT2D eigenvalue weighted by Gasteiger charge is -2.35. The lowest BCUT2D eigenvalue weighted by atomic mass is 10.0. The highest BCUT2D eigenvalue weighted by Crippen LogP contribution is 2.38. The molecule has 5 heteroatoms. The number of nitrogens with one attached hydrogen (secondary N) is 1. The molecule has 1 N–H and O–H groups in total. The fraction of sp³-hybridized carbons (Fsp3) is 0.375. The highest BCUT2D eigenvalue weighted by molar-refractivity contribution is 7.10. The quantitative estimate of drug-likeness (QED) is 0.940. The van der Waals surface area contributed by atoms with Crippen molar-refractivity contribution in [3.8, 4) is 5.75 Å². The molecule has 0 radical (unpaired) electrons. The van der Waals surface area contributed by atoms with Crippen LogP contribution in [0.15, 0.2) is 35.7 Å². The molecule has 0 saturated carbocycles. The molecule has 1 aliphatic rings. The van der Waals surface area contributed by atoms with Crippen molar-refractivity contribution in [2.45, 2.75) is 6.04 Å². The standard InChI is InChI=1S/C16H19FN2OS/c1-20-16-12(4-2-5-13(16)17)15(14-6-3-11-21-14)19-9-7-18-8-10-19/h2-6,11,15,18H,7-10H2,1H3/t15-/m0/s1. The molecule has 0 spiro atoms. The number of piperazine rings is 1. The summed E-state index contributed by atoms with van der Waals surface area (Å²) in [6, 6.07) is 9.39. The summed E-state index contributed by atoms with van der Waals surface area (Å²) in [5.41, 5.74) is 0.904. The summed E-state index contributed by atoms with van der Waals surface area (Å²) < 4.78 is 19.4. The lowest BCUT2D eigenvalue weighted by molar-refractivity contribution is 0.197. The van der Waals surface area contributed by atoms with Crippen LogP contribution in [0, 0.1) is 5.82 Å². The molecule has 112 valence electrons. The van der Waals surface area contributed by atoms with Gasteiger partial charge in [0.1, 0.15) is 0 Å². The van der Waals surface area contributed by atoms with Crippen molar-refractivity contribution in [2.24, 2.45) is 0 Å². The Hall–Kier alpha value is -1.43. The first kappa shape index (κ1) is 14.5. The summed E-state index contributed by atoms with van der Waals surface area (Å²) in [6.45, 7) is 3.81. The van der Waals surface area contributed by atoms with Crippen LogP contribution in [0.25, 0.3) is 0 Å². The van der Waals surface area contributed by atoms with Crippen LogP contribution >= 0.6 is 11.3 Å². The van der Waals surface area contributed by atoms with Gasteiger partial charge in [0.25, 0.3) is 0 Å². The minimum Gasteiger partial charge on any atom is -0.493 e. The van der Waals surface area contributed by atoms with Gasteiger partial charge in [0.2, 0.25) is 0 Å². The van der Waals surface area contributed by atoms with Crippen molar-refractivity contribution in [3.63, 3.8) is 0 Å². The van der Waals surface area contributed by atoms with Gasteiger partial charge in [-0.05, 0) is 17.5 Å². The highest BCUT2D eigenvalue weighted by Gasteiger charge is 2.28. The van der Waals surface area contributed by atoms with Gasteiger partial charge in [0.05, 0.1) is 13.2 Å². The van der Waals surface area contributed by atoms with Crippen LogP contribution in [0.5, 0.6) is 5.75 Å². The van der Waals surface area contributed by atoms with Crippen LogP contribution < -0.4 is 10.1 Å². The number of hydrogen-bond donors (Lipinski definition) is 1. The fourth-order valence-electron chi connectivity index (χ4n) is 2.87. The molecule has 3 rings (SSSR count). The summed E-state index contributed by atoms with van der Waals surface area (Å²) in [7, 11) is 1.53. The van der Waals surface area contributed by atoms with E-state index in [2.05, 4.69) is 21.7 Å². The molecule has 0 aliphatic carbocycles. The Bertz CT molecular complexity index is 582. The number of rotatable bonds is 4. The Kier molecular flexibility index (Phi) is 4.53. The van der Waals surface area contributed by atoms with Crippen LogP contribution in [0.3, 0.4) is 0 Å². The minimum atomic E-state index is -0.299. The summed E-state index contributed by atoms with van der Waals surface area (Å²) >= 11 is 1.70. The van der Waals surface area contributed by atoms with Gasteiger partial charge in [-0.2, -0.15) is 0 Å². The predicted molar refractivity (Wildman–Crippen MR) is 83.6 cm³/mol. The molecular formula is C16H19FN2OS. The SMILES string of the molecule is COc1c(F)cccc1[C@@H](c1cccs1)N1CCNCC1. The number of hydrogen-bond acceptors (Lipinski definition) is 4. The number of nitrogens with zero attached hydrogens (tertiary/aromatic N) is 1. The van der Waals surface area contributed by atoms with Gasteiger partial charge >= 0.3 is 0 Å². The van der Waals surface area contributed by atoms with E-state index in [1.54, 1.807) is 17.4 Å². The van der Waals surface area contributed by atoms with Crippen molar-refractivity contribution >= 4 is 11.3 Å². The van der Waals surface area contributed by atoms with Crippen molar-refractivity contribution in [1.29, 1.82) is 0 Å². The van der Waals surface area contributed by atoms with Crippen molar-refractivity contribution in [3.05, 3.63) is 52.0 Å². The first-order valence-corrected chi connectivity index (χ1v) is 8.00. The van der Waals surface area contributed by atoms with Gasteiger partial charge in [0, 0.05) is 36.6 Å². The zero-order valence-corrected chi connectivity index (χ0v) is 12.8. The average Bonchev–Trinajstić information content (AvgIpc) is 3.03. The molecule has 1 aliphatic heterocycles. The first-order valence-electron chi connectivity index (χ1n) is 7.12. The molecule has 21 heavy (non-hydrogen) atoms. The van der Waals surface area contributed by atoms with Gasteiger partial charge in [-0.15, -0.1) is 11.3 Å². The Labute approximate surface area is 128 Å². The maximum atomic E-state index is 14.1. The number of benzene rings is 1. The van der Waals surface area contributed by atoms with Crippen LogP contribution in [0.2, 0.25) is 0 Å². The number of halogens is 1. The van der Waals surface area contributed by atoms with Crippen LogP contribution in [0.1, 0.15) is 16.5 Å². The van der Waals surface area contributed by atoms with Crippen LogP contribution in [0.4, 0.5) is 4.39 Å². The topological polar surface area (TPSA) is 24.5 Å². The monoisotopic (exact) mass is 306 g/mol. The Morgan fingerprint density at radius 2 is 2.05 bits per heavy atom. The van der Waals surface area contributed by atoms with E-state index < -0.39 is 0 Å². The Morgan fingerprint density at radius 3 is 2.71 bits per heavy atom. The van der Waals surface area contributed by atoms with E-state index in [-0.39, 0.29) is 11.9 Å². The molecule has 1 fully saturated rings. The molecule has 0 amide bonds. The van der Waals surface area contributed by atoms with Crippen molar-refractivity contribution in [1.82, 2.24) is 10.2 Å². The number of thiophene rings is 1. The van der Waals surface area contributed by atoms with Gasteiger partial charge in [-0.1, -0.05) is 18.2 Å². The lowest BCUT2D eigenvalue weighted by Crippen LogP contribution is -2.45. The Balaban J connectivity index is 2.05. The second-order valence-corrected chi connectivity index (χ2v) is 6.05. The van der Waals surface area contributed by atoms with E-state index in [1.165, 1.54) is 18.1 Å². The van der Waals surface area contributed by atoms with E-state index in [0.717, 1.165) is 31.7 Å². The van der Waals surface area contributed by atoms with Crippen molar-refractivity contribution in [2.75, 3.05) is 33.3 Å². The smallest absolute Gasteiger partial charge is 0.165 e. The number of para-hydroxylation sites is 1. The molecule has 1 saturated heterocycles. The molecule has 1 atom stereocenters. The molecule has 2 heterocycles. The molecule has 0 unspecified atom stereocenters. The molecular weight excluding hydrogens is 287 g/mol. The molecule has 2 aromatic rings. The van der Waals surface area contributed by atoms with Crippen LogP contribution in [-0.4, -0.2) is 38.2 Å². The normalized spacial score (nSPS) is 17.6. The minimum absolute atomic E-state index is 0.0535. The molecule has 1 aromatic heterocycles. The summed E-state index contributed by atoms with van der Waals surface area (Å²) in [5.74, 6) is 0.0566. The van der Waals surface area contributed by atoms with Crippen LogP contribution in [-0.2, 0) is 0 Å². The maximum Gasteiger partial charge on any atom is 0.165 e. The zero-order valence-electron chi connectivity index (χ0n) is 12.0. The zero-order chi connectivity index (χ0) is 14.7. The van der Waals surface area contributed by atoms with E-state index in [0.29, 0.717) is 5.75 Å². The predicted octanol–water partition coefficient (Wildman–Crippen LogP) is 2.89. The van der Waals surface area contributed by atoms with Crippen molar-refractivity contribution < 1.29 is 9.13 Å². The molecule has 3 nitrogen and oxygen atoms in total. The van der Waals surface area contributed by atoms with Gasteiger partial charge in [-0.25, -0.2) is 4.39 Å². The van der Waals surface area contributed by atoms with E-state index in [4.69, 9.17) is 4.74 Å². The fourth-order valence-corrected chi connectivity index (χ4v) is 3.75. The first-order chi connectivity index (χ1) is 10.3. The molecule has 1 aromatic carbocycles. The van der Waals surface area contributed by atoms with Gasteiger partial charge < -0.3 is 10.1 Å². The summed E-state index contributed by atoms with van der Waals surface area (Å²) in [6.07, 6.45) is 0. The number of ether oxygens (including phenoxy) is 1. The van der Waals surface area contributed by atoms with Gasteiger partial charge in [0.15, 0.2) is 11.6 Å². The average molecular weight is 306 g/mol. The second-order valence-electron chi connectivity index (χ2n) is 5.07. The third-order valence-corrected chi connectivity index (χ3v) is 4.75. The van der Waals surface area contributed by atoms with E-state index in [9.17, 15) is 4.39 Å². The third kappa shape index (κ3) is 2.95. The summed E-state index contributed by atoms with van der Waals surface area (Å²) in [5, 5.41) is 5.43. The molecule has 0 bridgehead atoms. The third-order valence-electron chi connectivity index (χ3n) is 3.83.